The number of benzene rings is 1. The molecule has 0 N–H and O–H groups in total. The van der Waals surface area contributed by atoms with Crippen LogP contribution in [0.25, 0.3) is 5.82 Å². The van der Waals surface area contributed by atoms with E-state index >= 15 is 0 Å². The number of hydrogen-bond acceptors (Lipinski definition) is 3. The highest BCUT2D eigenvalue weighted by atomic mass is 79.9. The molecule has 0 unspecified atom stereocenters. The van der Waals surface area contributed by atoms with E-state index in [4.69, 9.17) is 0 Å². The molecule has 0 saturated carbocycles. The van der Waals surface area contributed by atoms with Gasteiger partial charge in [0.05, 0.1) is 16.9 Å². The summed E-state index contributed by atoms with van der Waals surface area (Å²) in [7, 11) is 0. The zero-order valence-corrected chi connectivity index (χ0v) is 16.6. The number of hydrogen-bond donors (Lipinski definition) is 0. The minimum Gasteiger partial charge on any atom is -0.305 e. The lowest BCUT2D eigenvalue weighted by Crippen LogP contribution is -2.36. The molecular weight excluding hydrogens is 411 g/mol. The van der Waals surface area contributed by atoms with E-state index in [1.807, 2.05) is 26.0 Å². The van der Waals surface area contributed by atoms with Crippen LogP contribution in [0.5, 0.6) is 0 Å². The highest BCUT2D eigenvalue weighted by Crippen LogP contribution is 2.33. The maximum atomic E-state index is 14.5. The first-order valence-corrected chi connectivity index (χ1v) is 9.53. The molecule has 3 heterocycles. The van der Waals surface area contributed by atoms with Gasteiger partial charge < -0.3 is 4.90 Å². The highest BCUT2D eigenvalue weighted by molar-refractivity contribution is 9.10. The molecule has 2 aromatic heterocycles. The minimum atomic E-state index is -0.389. The summed E-state index contributed by atoms with van der Waals surface area (Å²) in [5, 5.41) is 4.40. The second-order valence-electron chi connectivity index (χ2n) is 6.70. The molecule has 4 rings (SSSR count). The van der Waals surface area contributed by atoms with E-state index in [1.165, 1.54) is 17.2 Å². The second-order valence-corrected chi connectivity index (χ2v) is 7.62. The fourth-order valence-electron chi connectivity index (χ4n) is 3.51. The van der Waals surface area contributed by atoms with Crippen LogP contribution >= 0.6 is 15.9 Å². The monoisotopic (exact) mass is 428 g/mol. The van der Waals surface area contributed by atoms with E-state index in [0.717, 1.165) is 29.8 Å². The molecule has 1 amide bonds. The molecule has 0 saturated heterocycles. The van der Waals surface area contributed by atoms with E-state index < -0.39 is 0 Å². The van der Waals surface area contributed by atoms with E-state index in [0.29, 0.717) is 28.1 Å². The van der Waals surface area contributed by atoms with Gasteiger partial charge in [-0.1, -0.05) is 15.9 Å². The Balaban J connectivity index is 1.66. The Morgan fingerprint density at radius 3 is 2.70 bits per heavy atom. The molecule has 1 aliphatic heterocycles. The number of pyridine rings is 1. The molecule has 0 atom stereocenters. The van der Waals surface area contributed by atoms with Gasteiger partial charge in [0.15, 0.2) is 5.82 Å². The van der Waals surface area contributed by atoms with Crippen LogP contribution in [0.3, 0.4) is 0 Å². The van der Waals surface area contributed by atoms with Crippen molar-refractivity contribution < 1.29 is 9.18 Å². The number of carbonyl (C=O) groups is 1. The highest BCUT2D eigenvalue weighted by Gasteiger charge is 2.27. The average Bonchev–Trinajstić information content (AvgIpc) is 2.98. The fraction of sp³-hybridized carbons (Fsp3) is 0.250. The first kappa shape index (κ1) is 17.9. The lowest BCUT2D eigenvalue weighted by atomic mass is 10.0. The average molecular weight is 429 g/mol. The molecule has 1 aliphatic rings. The fourth-order valence-corrected chi connectivity index (χ4v) is 3.99. The van der Waals surface area contributed by atoms with Crippen LogP contribution in [-0.2, 0) is 6.42 Å². The van der Waals surface area contributed by atoms with Gasteiger partial charge >= 0.3 is 0 Å². The zero-order chi connectivity index (χ0) is 19.1. The predicted molar refractivity (Wildman–Crippen MR) is 105 cm³/mol. The molecule has 7 heteroatoms. The van der Waals surface area contributed by atoms with Crippen molar-refractivity contribution in [2.75, 3.05) is 11.4 Å². The SMILES string of the molecule is Cc1cc(C)n(-c2ccc(C(=O)N3CCCc4cc(Br)cc(F)c43)cn2)n1. The number of halogens is 2. The third-order valence-electron chi connectivity index (χ3n) is 4.67. The predicted octanol–water partition coefficient (Wildman–Crippen LogP) is 4.38. The van der Waals surface area contributed by atoms with Gasteiger partial charge in [-0.25, -0.2) is 14.1 Å². The van der Waals surface area contributed by atoms with Crippen LogP contribution in [-0.4, -0.2) is 27.2 Å². The molecule has 1 aromatic carbocycles. The third-order valence-corrected chi connectivity index (χ3v) is 5.13. The molecule has 5 nitrogen and oxygen atoms in total. The molecule has 27 heavy (non-hydrogen) atoms. The molecule has 0 spiro atoms. The Morgan fingerprint density at radius 1 is 1.22 bits per heavy atom. The number of amides is 1. The van der Waals surface area contributed by atoms with Crippen molar-refractivity contribution in [3.05, 3.63) is 69.3 Å². The van der Waals surface area contributed by atoms with Crippen LogP contribution in [0.1, 0.15) is 33.7 Å². The summed E-state index contributed by atoms with van der Waals surface area (Å²) in [5.74, 6) is 0.00976. The van der Waals surface area contributed by atoms with Crippen LogP contribution < -0.4 is 4.90 Å². The Hall–Kier alpha value is -2.54. The second kappa shape index (κ2) is 6.88. The van der Waals surface area contributed by atoms with Gasteiger partial charge in [-0.2, -0.15) is 5.10 Å². The summed E-state index contributed by atoms with van der Waals surface area (Å²) >= 11 is 3.32. The van der Waals surface area contributed by atoms with Gasteiger partial charge in [0.2, 0.25) is 0 Å². The summed E-state index contributed by atoms with van der Waals surface area (Å²) < 4.78 is 17.0. The van der Waals surface area contributed by atoms with Crippen molar-refractivity contribution in [2.24, 2.45) is 0 Å². The number of carbonyl (C=O) groups excluding carboxylic acids is 1. The van der Waals surface area contributed by atoms with Crippen LogP contribution in [0, 0.1) is 19.7 Å². The maximum absolute atomic E-state index is 14.5. The topological polar surface area (TPSA) is 51.0 Å². The molecule has 0 fully saturated rings. The summed E-state index contributed by atoms with van der Waals surface area (Å²) in [6.45, 7) is 4.36. The molecule has 0 radical (unpaired) electrons. The van der Waals surface area contributed by atoms with E-state index in [-0.39, 0.29) is 11.7 Å². The first-order chi connectivity index (χ1) is 12.9. The summed E-state index contributed by atoms with van der Waals surface area (Å²) in [5.41, 5.74) is 3.51. The maximum Gasteiger partial charge on any atom is 0.259 e. The van der Waals surface area contributed by atoms with Crippen LogP contribution in [0.2, 0.25) is 0 Å². The molecule has 3 aromatic rings. The van der Waals surface area contributed by atoms with Crippen molar-refractivity contribution in [1.29, 1.82) is 0 Å². The van der Waals surface area contributed by atoms with Crippen molar-refractivity contribution in [3.63, 3.8) is 0 Å². The third kappa shape index (κ3) is 3.27. The lowest BCUT2D eigenvalue weighted by molar-refractivity contribution is 0.0983. The number of nitrogens with zero attached hydrogens (tertiary/aromatic N) is 4. The Labute approximate surface area is 165 Å². The van der Waals surface area contributed by atoms with E-state index in [9.17, 15) is 9.18 Å². The van der Waals surface area contributed by atoms with Crippen molar-refractivity contribution in [3.8, 4) is 5.82 Å². The number of aromatic nitrogens is 3. The van der Waals surface area contributed by atoms with Gasteiger partial charge in [0.25, 0.3) is 5.91 Å². The Kier molecular flexibility index (Phi) is 4.55. The van der Waals surface area contributed by atoms with Gasteiger partial charge in [-0.15, -0.1) is 0 Å². The lowest BCUT2D eigenvalue weighted by Gasteiger charge is -2.30. The number of fused-ring (bicyclic) bond motifs is 1. The van der Waals surface area contributed by atoms with Gasteiger partial charge in [0, 0.05) is 22.9 Å². The van der Waals surface area contributed by atoms with Crippen LogP contribution in [0.15, 0.2) is 41.0 Å². The first-order valence-electron chi connectivity index (χ1n) is 8.73. The minimum absolute atomic E-state index is 0.246. The molecule has 0 bridgehead atoms. The standard InChI is InChI=1S/C20H18BrFN4O/c1-12-8-13(2)26(24-12)18-6-5-15(11-23-18)20(27)25-7-3-4-14-9-16(21)10-17(22)19(14)25/h5-6,8-11H,3-4,7H2,1-2H3. The zero-order valence-electron chi connectivity index (χ0n) is 15.0. The molecular formula is C20H18BrFN4O. The normalized spacial score (nSPS) is 13.6. The van der Waals surface area contributed by atoms with Gasteiger partial charge in [-0.3, -0.25) is 4.79 Å². The Bertz CT molecular complexity index is 1030. The Morgan fingerprint density at radius 2 is 2.04 bits per heavy atom. The summed E-state index contributed by atoms with van der Waals surface area (Å²) in [4.78, 5) is 18.9. The van der Waals surface area contributed by atoms with Crippen molar-refractivity contribution >= 4 is 27.5 Å². The summed E-state index contributed by atoms with van der Waals surface area (Å²) in [6, 6.07) is 8.71. The number of rotatable bonds is 2. The van der Waals surface area contributed by atoms with E-state index in [2.05, 4.69) is 26.0 Å². The number of anilines is 1. The van der Waals surface area contributed by atoms with Gasteiger partial charge in [0.1, 0.15) is 5.82 Å². The van der Waals surface area contributed by atoms with Crippen molar-refractivity contribution in [2.45, 2.75) is 26.7 Å². The van der Waals surface area contributed by atoms with Crippen molar-refractivity contribution in [1.82, 2.24) is 14.8 Å². The largest absolute Gasteiger partial charge is 0.305 e. The number of aryl methyl sites for hydroxylation is 3. The molecule has 0 aliphatic carbocycles. The smallest absolute Gasteiger partial charge is 0.259 e. The van der Waals surface area contributed by atoms with E-state index in [1.54, 1.807) is 16.8 Å². The molecule has 138 valence electrons. The quantitative estimate of drug-likeness (QED) is 0.608. The van der Waals surface area contributed by atoms with Gasteiger partial charge in [-0.05, 0) is 62.6 Å². The summed E-state index contributed by atoms with van der Waals surface area (Å²) in [6.07, 6.45) is 3.08. The van der Waals surface area contributed by atoms with Crippen LogP contribution in [0.4, 0.5) is 10.1 Å².